The van der Waals surface area contributed by atoms with Crippen molar-refractivity contribution in [1.82, 2.24) is 9.55 Å². The summed E-state index contributed by atoms with van der Waals surface area (Å²) in [6.07, 6.45) is 3.20. The third kappa shape index (κ3) is 4.72. The Morgan fingerprint density at radius 1 is 1.19 bits per heavy atom. The Hall–Kier alpha value is -3.48. The first-order valence-corrected chi connectivity index (χ1v) is 10.9. The number of esters is 1. The maximum Gasteiger partial charge on any atom is 0.326 e. The van der Waals surface area contributed by atoms with Crippen molar-refractivity contribution in [1.29, 1.82) is 0 Å². The van der Waals surface area contributed by atoms with Gasteiger partial charge in [-0.05, 0) is 50.3 Å². The summed E-state index contributed by atoms with van der Waals surface area (Å²) in [6.45, 7) is 1.57. The van der Waals surface area contributed by atoms with Gasteiger partial charge >= 0.3 is 5.97 Å². The molecule has 0 spiro atoms. The number of nitrogens with one attached hydrogen (secondary N) is 1. The molecule has 0 saturated carbocycles. The number of ether oxygens (including phenoxy) is 1. The van der Waals surface area contributed by atoms with Crippen LogP contribution in [0.4, 0.5) is 10.1 Å². The molecular formula is C25H26FN3O3. The van der Waals surface area contributed by atoms with Gasteiger partial charge in [0.05, 0.1) is 17.9 Å². The van der Waals surface area contributed by atoms with Gasteiger partial charge in [0.25, 0.3) is 5.56 Å². The molecule has 0 unspecified atom stereocenters. The monoisotopic (exact) mass is 435 g/mol. The highest BCUT2D eigenvalue weighted by atomic mass is 19.1. The molecule has 1 N–H and O–H groups in total. The Morgan fingerprint density at radius 3 is 2.69 bits per heavy atom. The third-order valence-corrected chi connectivity index (χ3v) is 5.65. The highest BCUT2D eigenvalue weighted by Gasteiger charge is 2.26. The molecule has 1 aliphatic heterocycles. The molecule has 0 radical (unpaired) electrons. The van der Waals surface area contributed by atoms with E-state index in [0.717, 1.165) is 19.3 Å². The number of benzene rings is 2. The van der Waals surface area contributed by atoms with E-state index in [1.807, 2.05) is 18.2 Å². The topological polar surface area (TPSA) is 73.2 Å². The number of aryl methyl sites for hydroxylation is 2. The number of aromatic nitrogens is 2. The summed E-state index contributed by atoms with van der Waals surface area (Å²) in [6, 6.07) is 16.4. The zero-order chi connectivity index (χ0) is 22.5. The summed E-state index contributed by atoms with van der Waals surface area (Å²) in [5.74, 6) is -0.920. The van der Waals surface area contributed by atoms with Gasteiger partial charge in [-0.3, -0.25) is 14.2 Å². The lowest BCUT2D eigenvalue weighted by Crippen LogP contribution is -2.37. The first-order valence-electron chi connectivity index (χ1n) is 10.9. The van der Waals surface area contributed by atoms with E-state index in [2.05, 4.69) is 22.4 Å². The lowest BCUT2D eigenvalue weighted by molar-refractivity contribution is -0.143. The zero-order valence-electron chi connectivity index (χ0n) is 18.0. The molecule has 7 heteroatoms. The number of carbonyl (C=O) groups is 1. The number of hydrogen-bond acceptors (Lipinski definition) is 5. The summed E-state index contributed by atoms with van der Waals surface area (Å²) in [7, 11) is 0. The van der Waals surface area contributed by atoms with Crippen LogP contribution in [-0.4, -0.2) is 28.2 Å². The van der Waals surface area contributed by atoms with Gasteiger partial charge in [-0.1, -0.05) is 42.5 Å². The fraction of sp³-hybridized carbons (Fsp3) is 0.320. The van der Waals surface area contributed by atoms with Crippen LogP contribution in [0.25, 0.3) is 11.4 Å². The van der Waals surface area contributed by atoms with Crippen LogP contribution in [0.15, 0.2) is 59.4 Å². The average Bonchev–Trinajstić information content (AvgIpc) is 2.81. The molecule has 0 aliphatic carbocycles. The van der Waals surface area contributed by atoms with Crippen molar-refractivity contribution in [2.24, 2.45) is 0 Å². The third-order valence-electron chi connectivity index (χ3n) is 5.65. The van der Waals surface area contributed by atoms with E-state index in [-0.39, 0.29) is 36.1 Å². The number of rotatable bonds is 7. The molecule has 0 bridgehead atoms. The number of anilines is 1. The molecule has 1 aliphatic rings. The van der Waals surface area contributed by atoms with Crippen LogP contribution in [0.2, 0.25) is 0 Å². The zero-order valence-corrected chi connectivity index (χ0v) is 18.0. The SMILES string of the molecule is CCOC(=O)Cn1c(-c2ccccc2F)nc2c(c1=O)N[C@@H](CCc1ccccc1)CC2. The van der Waals surface area contributed by atoms with Crippen LogP contribution in [0.3, 0.4) is 0 Å². The first kappa shape index (κ1) is 21.7. The van der Waals surface area contributed by atoms with Gasteiger partial charge in [0, 0.05) is 6.04 Å². The Balaban J connectivity index is 1.67. The highest BCUT2D eigenvalue weighted by molar-refractivity contribution is 5.71. The second-order valence-electron chi connectivity index (χ2n) is 7.84. The van der Waals surface area contributed by atoms with Gasteiger partial charge < -0.3 is 10.1 Å². The molecule has 6 nitrogen and oxygen atoms in total. The van der Waals surface area contributed by atoms with Gasteiger partial charge in [0.2, 0.25) is 0 Å². The Bertz CT molecular complexity index is 1160. The maximum absolute atomic E-state index is 14.5. The minimum Gasteiger partial charge on any atom is -0.465 e. The molecule has 0 fully saturated rings. The predicted molar refractivity (Wildman–Crippen MR) is 121 cm³/mol. The van der Waals surface area contributed by atoms with Gasteiger partial charge in [0.1, 0.15) is 23.9 Å². The van der Waals surface area contributed by atoms with E-state index in [4.69, 9.17) is 4.74 Å². The van der Waals surface area contributed by atoms with E-state index >= 15 is 0 Å². The number of halogens is 1. The van der Waals surface area contributed by atoms with Crippen molar-refractivity contribution < 1.29 is 13.9 Å². The highest BCUT2D eigenvalue weighted by Crippen LogP contribution is 2.27. The van der Waals surface area contributed by atoms with Gasteiger partial charge in [-0.2, -0.15) is 0 Å². The number of hydrogen-bond donors (Lipinski definition) is 1. The van der Waals surface area contributed by atoms with Crippen LogP contribution in [0.5, 0.6) is 0 Å². The average molecular weight is 435 g/mol. The Labute approximate surface area is 186 Å². The molecule has 2 aromatic carbocycles. The second-order valence-corrected chi connectivity index (χ2v) is 7.84. The molecule has 0 saturated heterocycles. The molecule has 1 aromatic heterocycles. The molecule has 166 valence electrons. The van der Waals surface area contributed by atoms with E-state index in [1.165, 1.54) is 16.2 Å². The minimum absolute atomic E-state index is 0.118. The molecule has 32 heavy (non-hydrogen) atoms. The molecule has 0 amide bonds. The van der Waals surface area contributed by atoms with Crippen molar-refractivity contribution >= 4 is 11.7 Å². The van der Waals surface area contributed by atoms with Gasteiger partial charge in [-0.15, -0.1) is 0 Å². The lowest BCUT2D eigenvalue weighted by atomic mass is 9.97. The van der Waals surface area contributed by atoms with Crippen LogP contribution in [0.1, 0.15) is 31.0 Å². The van der Waals surface area contributed by atoms with E-state index < -0.39 is 11.8 Å². The largest absolute Gasteiger partial charge is 0.465 e. The first-order chi connectivity index (χ1) is 15.6. The Morgan fingerprint density at radius 2 is 1.94 bits per heavy atom. The van der Waals surface area contributed by atoms with E-state index in [1.54, 1.807) is 25.1 Å². The fourth-order valence-corrected chi connectivity index (χ4v) is 4.04. The summed E-state index contributed by atoms with van der Waals surface area (Å²) in [5.41, 5.74) is 2.03. The Kier molecular flexibility index (Phi) is 6.63. The smallest absolute Gasteiger partial charge is 0.326 e. The minimum atomic E-state index is -0.564. The normalized spacial score (nSPS) is 15.0. The van der Waals surface area contributed by atoms with Crippen molar-refractivity contribution in [2.75, 3.05) is 11.9 Å². The van der Waals surface area contributed by atoms with Crippen LogP contribution in [-0.2, 0) is 28.9 Å². The molecular weight excluding hydrogens is 409 g/mol. The van der Waals surface area contributed by atoms with Crippen molar-refractivity contribution in [3.8, 4) is 11.4 Å². The standard InChI is InChI=1S/C25H26FN3O3/c1-2-32-22(30)16-29-24(19-10-6-7-11-20(19)26)28-21-15-14-18(27-23(21)25(29)31)13-12-17-8-4-3-5-9-17/h3-11,18,27H,2,12-16H2,1H3/t18-/m0/s1. The molecule has 1 atom stereocenters. The predicted octanol–water partition coefficient (Wildman–Crippen LogP) is 3.97. The van der Waals surface area contributed by atoms with Gasteiger partial charge in [0.15, 0.2) is 0 Å². The van der Waals surface area contributed by atoms with E-state index in [9.17, 15) is 14.0 Å². The lowest BCUT2D eigenvalue weighted by Gasteiger charge is -2.27. The van der Waals surface area contributed by atoms with Crippen LogP contribution in [0, 0.1) is 5.82 Å². The van der Waals surface area contributed by atoms with Crippen molar-refractivity contribution in [3.63, 3.8) is 0 Å². The van der Waals surface area contributed by atoms with Crippen LogP contribution >= 0.6 is 0 Å². The number of nitrogens with zero attached hydrogens (tertiary/aromatic N) is 2. The van der Waals surface area contributed by atoms with Crippen LogP contribution < -0.4 is 10.9 Å². The summed E-state index contributed by atoms with van der Waals surface area (Å²) in [4.78, 5) is 30.2. The summed E-state index contributed by atoms with van der Waals surface area (Å²) in [5, 5.41) is 3.33. The summed E-state index contributed by atoms with van der Waals surface area (Å²) >= 11 is 0. The fourth-order valence-electron chi connectivity index (χ4n) is 4.04. The van der Waals surface area contributed by atoms with E-state index in [0.29, 0.717) is 17.8 Å². The van der Waals surface area contributed by atoms with Crippen molar-refractivity contribution in [2.45, 2.75) is 45.2 Å². The molecule has 4 rings (SSSR count). The quantitative estimate of drug-likeness (QED) is 0.569. The maximum atomic E-state index is 14.5. The summed E-state index contributed by atoms with van der Waals surface area (Å²) < 4.78 is 20.8. The number of carbonyl (C=O) groups excluding carboxylic acids is 1. The number of fused-ring (bicyclic) bond motifs is 1. The molecule has 2 heterocycles. The second kappa shape index (κ2) is 9.77. The molecule has 3 aromatic rings. The van der Waals surface area contributed by atoms with Gasteiger partial charge in [-0.25, -0.2) is 9.37 Å². The van der Waals surface area contributed by atoms with Crippen molar-refractivity contribution in [3.05, 3.63) is 82.0 Å².